The molecule has 1 aliphatic rings. The van der Waals surface area contributed by atoms with E-state index in [1.165, 1.54) is 24.8 Å². The van der Waals surface area contributed by atoms with Crippen molar-refractivity contribution in [2.24, 2.45) is 5.41 Å². The summed E-state index contributed by atoms with van der Waals surface area (Å²) in [5.74, 6) is 1.00. The van der Waals surface area contributed by atoms with Crippen LogP contribution in [-0.4, -0.2) is 11.0 Å². The van der Waals surface area contributed by atoms with Gasteiger partial charge in [-0.15, -0.1) is 0 Å². The van der Waals surface area contributed by atoms with Gasteiger partial charge in [-0.3, -0.25) is 0 Å². The van der Waals surface area contributed by atoms with Crippen LogP contribution >= 0.6 is 15.9 Å². The molecule has 0 aliphatic heterocycles. The van der Waals surface area contributed by atoms with Gasteiger partial charge in [0.25, 0.3) is 0 Å². The van der Waals surface area contributed by atoms with Crippen molar-refractivity contribution in [2.75, 3.05) is 5.32 Å². The number of nitrogens with one attached hydrogen (secondary N) is 1. The maximum atomic E-state index is 4.39. The summed E-state index contributed by atoms with van der Waals surface area (Å²) in [6.07, 6.45) is 5.67. The van der Waals surface area contributed by atoms with Crippen molar-refractivity contribution in [1.29, 1.82) is 0 Å². The summed E-state index contributed by atoms with van der Waals surface area (Å²) in [7, 11) is 0. The first-order valence-electron chi connectivity index (χ1n) is 5.85. The van der Waals surface area contributed by atoms with Crippen LogP contribution in [-0.2, 0) is 0 Å². The topological polar surface area (TPSA) is 24.9 Å². The van der Waals surface area contributed by atoms with Crippen LogP contribution in [0.3, 0.4) is 0 Å². The number of nitrogens with zero attached hydrogens (tertiary/aromatic N) is 1. The number of rotatable bonds is 2. The van der Waals surface area contributed by atoms with Crippen molar-refractivity contribution in [3.05, 3.63) is 22.3 Å². The van der Waals surface area contributed by atoms with Crippen LogP contribution in [0.5, 0.6) is 0 Å². The second kappa shape index (κ2) is 4.36. The van der Waals surface area contributed by atoms with Gasteiger partial charge in [-0.05, 0) is 59.2 Å². The zero-order valence-electron chi connectivity index (χ0n) is 10.2. The zero-order valence-corrected chi connectivity index (χ0v) is 11.8. The molecular formula is C13H19BrN2. The third kappa shape index (κ3) is 2.76. The average molecular weight is 283 g/mol. The van der Waals surface area contributed by atoms with Crippen molar-refractivity contribution < 1.29 is 0 Å². The minimum absolute atomic E-state index is 0.488. The Morgan fingerprint density at radius 3 is 2.81 bits per heavy atom. The first-order chi connectivity index (χ1) is 7.46. The number of hydrogen-bond donors (Lipinski definition) is 1. The molecule has 1 fully saturated rings. The molecule has 1 aromatic heterocycles. The normalized spacial score (nSPS) is 23.4. The summed E-state index contributed by atoms with van der Waals surface area (Å²) in [6.45, 7) is 6.78. The van der Waals surface area contributed by atoms with Gasteiger partial charge in [-0.2, -0.15) is 0 Å². The standard InChI is InChI=1S/C13H19BrN2/c1-9-6-12(15-8-11(9)14)16-10-4-5-13(2,3)7-10/h6,8,10H,4-5,7H2,1-3H3,(H,15,16). The van der Waals surface area contributed by atoms with Gasteiger partial charge in [0.15, 0.2) is 0 Å². The fourth-order valence-electron chi connectivity index (χ4n) is 2.39. The van der Waals surface area contributed by atoms with Gasteiger partial charge in [-0.25, -0.2) is 4.98 Å². The summed E-state index contributed by atoms with van der Waals surface area (Å²) in [5, 5.41) is 3.53. The molecule has 1 aliphatic carbocycles. The number of pyridine rings is 1. The van der Waals surface area contributed by atoms with E-state index in [2.05, 4.69) is 53.1 Å². The van der Waals surface area contributed by atoms with Crippen LogP contribution in [0, 0.1) is 12.3 Å². The lowest BCUT2D eigenvalue weighted by Crippen LogP contribution is -2.18. The smallest absolute Gasteiger partial charge is 0.126 e. The minimum Gasteiger partial charge on any atom is -0.367 e. The molecule has 0 saturated heterocycles. The SMILES string of the molecule is Cc1cc(NC2CCC(C)(C)C2)ncc1Br. The molecule has 1 atom stereocenters. The quantitative estimate of drug-likeness (QED) is 0.882. The number of halogens is 1. The summed E-state index contributed by atoms with van der Waals surface area (Å²) in [5.41, 5.74) is 1.72. The van der Waals surface area contributed by atoms with Gasteiger partial charge in [0.05, 0.1) is 0 Å². The second-order valence-electron chi connectivity index (χ2n) is 5.57. The minimum atomic E-state index is 0.488. The van der Waals surface area contributed by atoms with E-state index in [-0.39, 0.29) is 0 Å². The van der Waals surface area contributed by atoms with E-state index in [1.54, 1.807) is 0 Å². The van der Waals surface area contributed by atoms with E-state index in [1.807, 2.05) is 6.20 Å². The largest absolute Gasteiger partial charge is 0.367 e. The van der Waals surface area contributed by atoms with Crippen molar-refractivity contribution in [1.82, 2.24) is 4.98 Å². The first kappa shape index (κ1) is 11.9. The van der Waals surface area contributed by atoms with Crippen LogP contribution in [0.4, 0.5) is 5.82 Å². The highest BCUT2D eigenvalue weighted by atomic mass is 79.9. The number of aryl methyl sites for hydroxylation is 1. The maximum absolute atomic E-state index is 4.39. The number of hydrogen-bond acceptors (Lipinski definition) is 2. The molecule has 3 heteroatoms. The van der Waals surface area contributed by atoms with E-state index >= 15 is 0 Å². The Morgan fingerprint density at radius 1 is 1.50 bits per heavy atom. The van der Waals surface area contributed by atoms with E-state index in [9.17, 15) is 0 Å². The van der Waals surface area contributed by atoms with Gasteiger partial charge in [0.1, 0.15) is 5.82 Å². The summed E-state index contributed by atoms with van der Waals surface area (Å²) < 4.78 is 1.07. The Bertz CT molecular complexity index is 388. The predicted molar refractivity (Wildman–Crippen MR) is 71.7 cm³/mol. The lowest BCUT2D eigenvalue weighted by molar-refractivity contribution is 0.378. The molecular weight excluding hydrogens is 264 g/mol. The average Bonchev–Trinajstić information content (AvgIpc) is 2.52. The third-order valence-corrected chi connectivity index (χ3v) is 4.20. The van der Waals surface area contributed by atoms with Crippen molar-refractivity contribution >= 4 is 21.7 Å². The van der Waals surface area contributed by atoms with E-state index in [0.717, 1.165) is 10.3 Å². The Kier molecular flexibility index (Phi) is 3.24. The molecule has 0 aromatic carbocycles. The monoisotopic (exact) mass is 282 g/mol. The summed E-state index contributed by atoms with van der Waals surface area (Å²) >= 11 is 3.47. The molecule has 2 rings (SSSR count). The van der Waals surface area contributed by atoms with Crippen LogP contribution in [0.2, 0.25) is 0 Å². The maximum Gasteiger partial charge on any atom is 0.126 e. The lowest BCUT2D eigenvalue weighted by atomic mass is 9.92. The molecule has 0 radical (unpaired) electrons. The fourth-order valence-corrected chi connectivity index (χ4v) is 2.60. The van der Waals surface area contributed by atoms with Gasteiger partial charge in [0, 0.05) is 16.7 Å². The zero-order chi connectivity index (χ0) is 11.8. The molecule has 1 heterocycles. The molecule has 2 nitrogen and oxygen atoms in total. The van der Waals surface area contributed by atoms with Crippen molar-refractivity contribution in [3.63, 3.8) is 0 Å². The molecule has 0 spiro atoms. The molecule has 0 amide bonds. The Balaban J connectivity index is 2.02. The number of anilines is 1. The van der Waals surface area contributed by atoms with Crippen LogP contribution in [0.1, 0.15) is 38.7 Å². The van der Waals surface area contributed by atoms with Crippen LogP contribution in [0.15, 0.2) is 16.7 Å². The van der Waals surface area contributed by atoms with Gasteiger partial charge in [0.2, 0.25) is 0 Å². The fraction of sp³-hybridized carbons (Fsp3) is 0.615. The van der Waals surface area contributed by atoms with Gasteiger partial charge < -0.3 is 5.32 Å². The Morgan fingerprint density at radius 2 is 2.25 bits per heavy atom. The van der Waals surface area contributed by atoms with Crippen LogP contribution in [0.25, 0.3) is 0 Å². The van der Waals surface area contributed by atoms with Gasteiger partial charge >= 0.3 is 0 Å². The highest BCUT2D eigenvalue weighted by molar-refractivity contribution is 9.10. The van der Waals surface area contributed by atoms with E-state index < -0.39 is 0 Å². The van der Waals surface area contributed by atoms with E-state index in [0.29, 0.717) is 11.5 Å². The molecule has 0 bridgehead atoms. The highest BCUT2D eigenvalue weighted by Crippen LogP contribution is 2.38. The van der Waals surface area contributed by atoms with Gasteiger partial charge in [-0.1, -0.05) is 13.8 Å². The second-order valence-corrected chi connectivity index (χ2v) is 6.42. The molecule has 1 unspecified atom stereocenters. The molecule has 1 saturated carbocycles. The summed E-state index contributed by atoms with van der Waals surface area (Å²) in [6, 6.07) is 2.69. The molecule has 16 heavy (non-hydrogen) atoms. The van der Waals surface area contributed by atoms with Crippen molar-refractivity contribution in [3.8, 4) is 0 Å². The summed E-state index contributed by atoms with van der Waals surface area (Å²) in [4.78, 5) is 4.39. The molecule has 88 valence electrons. The highest BCUT2D eigenvalue weighted by Gasteiger charge is 2.30. The third-order valence-electron chi connectivity index (χ3n) is 3.37. The predicted octanol–water partition coefficient (Wildman–Crippen LogP) is 4.14. The molecule has 1 aromatic rings. The Labute approximate surface area is 106 Å². The number of aromatic nitrogens is 1. The molecule has 1 N–H and O–H groups in total. The first-order valence-corrected chi connectivity index (χ1v) is 6.64. The Hall–Kier alpha value is -0.570. The lowest BCUT2D eigenvalue weighted by Gasteiger charge is -2.18. The van der Waals surface area contributed by atoms with E-state index in [4.69, 9.17) is 0 Å². The van der Waals surface area contributed by atoms with Crippen LogP contribution < -0.4 is 5.32 Å². The van der Waals surface area contributed by atoms with Crippen molar-refractivity contribution in [2.45, 2.75) is 46.1 Å².